The smallest absolute Gasteiger partial charge is 0.281 e. The minimum Gasteiger partial charge on any atom is -0.356 e. The fourth-order valence-corrected chi connectivity index (χ4v) is 2.80. The van der Waals surface area contributed by atoms with Gasteiger partial charge in [-0.05, 0) is 24.1 Å². The Kier molecular flexibility index (Phi) is 5.40. The van der Waals surface area contributed by atoms with Crippen LogP contribution in [0.15, 0.2) is 24.3 Å². The first kappa shape index (κ1) is 14.8. The Morgan fingerprint density at radius 2 is 2.10 bits per heavy atom. The number of rotatable bonds is 6. The molecule has 1 N–H and O–H groups in total. The summed E-state index contributed by atoms with van der Waals surface area (Å²) in [5, 5.41) is 2.87. The highest BCUT2D eigenvalue weighted by Crippen LogP contribution is 2.16. The molecule has 6 heteroatoms. The van der Waals surface area contributed by atoms with Crippen LogP contribution in [-0.2, 0) is 11.2 Å². The quantitative estimate of drug-likeness (QED) is 0.874. The molecule has 0 radical (unpaired) electrons. The van der Waals surface area contributed by atoms with Crippen molar-refractivity contribution in [1.82, 2.24) is 10.2 Å². The van der Waals surface area contributed by atoms with E-state index in [1.807, 2.05) is 0 Å². The zero-order valence-electron chi connectivity index (χ0n) is 11.1. The monoisotopic (exact) mass is 296 g/mol. The Balaban J connectivity index is 1.62. The number of carbonyl (C=O) groups excluding carboxylic acids is 2. The second kappa shape index (κ2) is 7.28. The number of hydrogen-bond donors (Lipinski definition) is 1. The van der Waals surface area contributed by atoms with Crippen LogP contribution in [0.4, 0.5) is 9.18 Å². The van der Waals surface area contributed by atoms with Crippen molar-refractivity contribution in [2.24, 2.45) is 0 Å². The lowest BCUT2D eigenvalue weighted by molar-refractivity contribution is -0.121. The minimum atomic E-state index is -0.258. The lowest BCUT2D eigenvalue weighted by Gasteiger charge is -2.13. The van der Waals surface area contributed by atoms with Gasteiger partial charge in [-0.2, -0.15) is 0 Å². The van der Waals surface area contributed by atoms with Gasteiger partial charge in [-0.1, -0.05) is 23.9 Å². The van der Waals surface area contributed by atoms with Crippen molar-refractivity contribution in [3.63, 3.8) is 0 Å². The van der Waals surface area contributed by atoms with Crippen LogP contribution < -0.4 is 5.32 Å². The summed E-state index contributed by atoms with van der Waals surface area (Å²) >= 11 is 1.30. The highest BCUT2D eigenvalue weighted by molar-refractivity contribution is 8.13. The van der Waals surface area contributed by atoms with Gasteiger partial charge in [0.1, 0.15) is 5.82 Å². The molecular weight excluding hydrogens is 279 g/mol. The van der Waals surface area contributed by atoms with E-state index in [1.165, 1.54) is 23.9 Å². The first-order valence-corrected chi connectivity index (χ1v) is 7.56. The lowest BCUT2D eigenvalue weighted by atomic mass is 10.1. The highest BCUT2D eigenvalue weighted by atomic mass is 32.2. The number of benzene rings is 1. The minimum absolute atomic E-state index is 0.0585. The van der Waals surface area contributed by atoms with Gasteiger partial charge < -0.3 is 10.2 Å². The van der Waals surface area contributed by atoms with E-state index in [9.17, 15) is 14.0 Å². The molecule has 2 rings (SSSR count). The predicted octanol–water partition coefficient (Wildman–Crippen LogP) is 2.04. The molecule has 1 fully saturated rings. The SMILES string of the molecule is O=C(CCN1CCSC1=O)NCCc1ccc(F)cc1. The summed E-state index contributed by atoms with van der Waals surface area (Å²) in [4.78, 5) is 24.7. The summed E-state index contributed by atoms with van der Waals surface area (Å²) in [7, 11) is 0. The zero-order valence-corrected chi connectivity index (χ0v) is 11.9. The molecule has 2 amide bonds. The van der Waals surface area contributed by atoms with Crippen molar-refractivity contribution in [3.05, 3.63) is 35.6 Å². The Hall–Kier alpha value is -1.56. The normalized spacial score (nSPS) is 14.7. The Morgan fingerprint density at radius 1 is 1.35 bits per heavy atom. The van der Waals surface area contributed by atoms with E-state index in [0.29, 0.717) is 25.9 Å². The van der Waals surface area contributed by atoms with Crippen LogP contribution in [0.2, 0.25) is 0 Å². The molecule has 1 aliphatic heterocycles. The van der Waals surface area contributed by atoms with Gasteiger partial charge in [-0.25, -0.2) is 4.39 Å². The molecule has 0 spiro atoms. The van der Waals surface area contributed by atoms with Crippen molar-refractivity contribution in [2.75, 3.05) is 25.4 Å². The highest BCUT2D eigenvalue weighted by Gasteiger charge is 2.21. The maximum atomic E-state index is 12.7. The number of amides is 2. The second-order valence-electron chi connectivity index (χ2n) is 4.58. The third kappa shape index (κ3) is 4.52. The third-order valence-electron chi connectivity index (χ3n) is 3.10. The van der Waals surface area contributed by atoms with Crippen LogP contribution in [0, 0.1) is 5.82 Å². The second-order valence-corrected chi connectivity index (χ2v) is 5.62. The molecule has 20 heavy (non-hydrogen) atoms. The van der Waals surface area contributed by atoms with Crippen LogP contribution >= 0.6 is 11.8 Å². The van der Waals surface area contributed by atoms with E-state index in [2.05, 4.69) is 5.32 Å². The predicted molar refractivity (Wildman–Crippen MR) is 77.2 cm³/mol. The van der Waals surface area contributed by atoms with Gasteiger partial charge in [-0.3, -0.25) is 9.59 Å². The van der Waals surface area contributed by atoms with Gasteiger partial charge in [0.2, 0.25) is 5.91 Å². The topological polar surface area (TPSA) is 49.4 Å². The molecule has 1 aromatic carbocycles. The molecule has 0 aliphatic carbocycles. The molecule has 0 bridgehead atoms. The summed E-state index contributed by atoms with van der Waals surface area (Å²) in [6.45, 7) is 1.73. The number of halogens is 1. The number of carbonyl (C=O) groups is 2. The van der Waals surface area contributed by atoms with Gasteiger partial charge in [0.25, 0.3) is 5.24 Å². The van der Waals surface area contributed by atoms with Gasteiger partial charge in [0, 0.05) is 31.8 Å². The summed E-state index contributed by atoms with van der Waals surface area (Å²) in [5.41, 5.74) is 0.984. The summed E-state index contributed by atoms with van der Waals surface area (Å²) in [6.07, 6.45) is 1.00. The van der Waals surface area contributed by atoms with E-state index >= 15 is 0 Å². The van der Waals surface area contributed by atoms with Crippen molar-refractivity contribution in [2.45, 2.75) is 12.8 Å². The third-order valence-corrected chi connectivity index (χ3v) is 3.99. The maximum Gasteiger partial charge on any atom is 0.281 e. The van der Waals surface area contributed by atoms with Crippen LogP contribution in [-0.4, -0.2) is 41.4 Å². The molecule has 1 heterocycles. The van der Waals surface area contributed by atoms with Crippen molar-refractivity contribution < 1.29 is 14.0 Å². The van der Waals surface area contributed by atoms with Gasteiger partial charge >= 0.3 is 0 Å². The van der Waals surface area contributed by atoms with E-state index in [1.54, 1.807) is 17.0 Å². The van der Waals surface area contributed by atoms with E-state index < -0.39 is 0 Å². The molecule has 0 aromatic heterocycles. The average Bonchev–Trinajstić information content (AvgIpc) is 2.84. The van der Waals surface area contributed by atoms with Gasteiger partial charge in [-0.15, -0.1) is 0 Å². The van der Waals surface area contributed by atoms with Gasteiger partial charge in [0.15, 0.2) is 0 Å². The van der Waals surface area contributed by atoms with E-state index in [-0.39, 0.29) is 17.0 Å². The molecule has 0 unspecified atom stereocenters. The van der Waals surface area contributed by atoms with Crippen molar-refractivity contribution >= 4 is 22.9 Å². The summed E-state index contributed by atoms with van der Waals surface area (Å²) in [5.74, 6) is 0.494. The number of nitrogens with zero attached hydrogens (tertiary/aromatic N) is 1. The van der Waals surface area contributed by atoms with Crippen LogP contribution in [0.3, 0.4) is 0 Å². The fourth-order valence-electron chi connectivity index (χ4n) is 1.95. The van der Waals surface area contributed by atoms with Crippen molar-refractivity contribution in [1.29, 1.82) is 0 Å². The Bertz CT molecular complexity index is 479. The fraction of sp³-hybridized carbons (Fsp3) is 0.429. The van der Waals surface area contributed by atoms with Crippen LogP contribution in [0.1, 0.15) is 12.0 Å². The van der Waals surface area contributed by atoms with E-state index in [0.717, 1.165) is 17.9 Å². The van der Waals surface area contributed by atoms with E-state index in [4.69, 9.17) is 0 Å². The molecule has 1 saturated heterocycles. The first-order chi connectivity index (χ1) is 9.65. The number of hydrogen-bond acceptors (Lipinski definition) is 3. The van der Waals surface area contributed by atoms with Crippen LogP contribution in [0.5, 0.6) is 0 Å². The first-order valence-electron chi connectivity index (χ1n) is 6.58. The van der Waals surface area contributed by atoms with Crippen LogP contribution in [0.25, 0.3) is 0 Å². The number of nitrogens with one attached hydrogen (secondary N) is 1. The molecule has 4 nitrogen and oxygen atoms in total. The molecule has 1 aromatic rings. The number of thioether (sulfide) groups is 1. The maximum absolute atomic E-state index is 12.7. The van der Waals surface area contributed by atoms with Gasteiger partial charge in [0.05, 0.1) is 0 Å². The molecule has 108 valence electrons. The molecule has 0 saturated carbocycles. The Morgan fingerprint density at radius 3 is 2.75 bits per heavy atom. The lowest BCUT2D eigenvalue weighted by Crippen LogP contribution is -2.31. The largest absolute Gasteiger partial charge is 0.356 e. The zero-order chi connectivity index (χ0) is 14.4. The standard InChI is InChI=1S/C14H17FN2O2S/c15-12-3-1-11(2-4-12)5-7-16-13(18)6-8-17-9-10-20-14(17)19/h1-4H,5-10H2,(H,16,18). The van der Waals surface area contributed by atoms with Crippen molar-refractivity contribution in [3.8, 4) is 0 Å². The Labute approximate surface area is 121 Å². The molecule has 1 aliphatic rings. The average molecular weight is 296 g/mol. The summed E-state index contributed by atoms with van der Waals surface area (Å²) < 4.78 is 12.7. The molecular formula is C14H17FN2O2S. The molecule has 0 atom stereocenters. The summed E-state index contributed by atoms with van der Waals surface area (Å²) in [6, 6.07) is 6.24.